The number of thiazole rings is 1. The Morgan fingerprint density at radius 2 is 2.27 bits per heavy atom. The summed E-state index contributed by atoms with van der Waals surface area (Å²) in [5.74, 6) is 1.66. The van der Waals surface area contributed by atoms with Crippen molar-refractivity contribution in [3.63, 3.8) is 0 Å². The van der Waals surface area contributed by atoms with Gasteiger partial charge in [-0.2, -0.15) is 4.98 Å². The molecule has 4 aromatic rings. The second kappa shape index (κ2) is 6.35. The fourth-order valence-electron chi connectivity index (χ4n) is 3.33. The first-order valence-corrected chi connectivity index (χ1v) is 9.44. The molecule has 1 fully saturated rings. The summed E-state index contributed by atoms with van der Waals surface area (Å²) in [4.78, 5) is 11.0. The van der Waals surface area contributed by atoms with E-state index in [1.165, 1.54) is 11.3 Å². The molecule has 4 heterocycles. The van der Waals surface area contributed by atoms with Gasteiger partial charge in [-0.05, 0) is 36.8 Å². The van der Waals surface area contributed by atoms with Gasteiger partial charge in [0.2, 0.25) is 0 Å². The fourth-order valence-corrected chi connectivity index (χ4v) is 4.12. The minimum atomic E-state index is 0.280. The van der Waals surface area contributed by atoms with Crippen LogP contribution in [0.4, 0.5) is 0 Å². The highest BCUT2D eigenvalue weighted by Crippen LogP contribution is 2.32. The number of rotatable bonds is 4. The van der Waals surface area contributed by atoms with Crippen LogP contribution in [0.1, 0.15) is 12.2 Å². The number of likely N-dealkylation sites (tertiary alicyclic amines) is 1. The standard InChI is InChI=1S/C19H18N4O2S/c20-13-5-7-23(10-13)11-15-8-12-3-4-14(9-16(12)24-15)25-19-22-18-17(26-19)2-1-6-21-18/h1-4,6,8-9,13H,5,7,10-11,20H2. The molecule has 0 aliphatic carbocycles. The van der Waals surface area contributed by atoms with Crippen molar-refractivity contribution >= 4 is 32.7 Å². The van der Waals surface area contributed by atoms with Gasteiger partial charge in [0.05, 0.1) is 11.2 Å². The van der Waals surface area contributed by atoms with E-state index in [2.05, 4.69) is 20.9 Å². The Labute approximate surface area is 154 Å². The van der Waals surface area contributed by atoms with Gasteiger partial charge in [-0.25, -0.2) is 4.98 Å². The molecule has 3 aromatic heterocycles. The van der Waals surface area contributed by atoms with E-state index in [4.69, 9.17) is 14.9 Å². The van der Waals surface area contributed by atoms with E-state index in [1.807, 2.05) is 30.3 Å². The number of furan rings is 1. The van der Waals surface area contributed by atoms with Crippen molar-refractivity contribution in [2.45, 2.75) is 19.0 Å². The summed E-state index contributed by atoms with van der Waals surface area (Å²) >= 11 is 1.48. The quantitative estimate of drug-likeness (QED) is 0.592. The summed E-state index contributed by atoms with van der Waals surface area (Å²) in [6.07, 6.45) is 2.78. The number of nitrogens with two attached hydrogens (primary N) is 1. The number of hydrogen-bond acceptors (Lipinski definition) is 7. The molecule has 6 nitrogen and oxygen atoms in total. The van der Waals surface area contributed by atoms with Gasteiger partial charge in [0.25, 0.3) is 5.19 Å². The third-order valence-electron chi connectivity index (χ3n) is 4.58. The minimum absolute atomic E-state index is 0.280. The highest BCUT2D eigenvalue weighted by atomic mass is 32.1. The van der Waals surface area contributed by atoms with Gasteiger partial charge < -0.3 is 14.9 Å². The number of hydrogen-bond donors (Lipinski definition) is 1. The molecule has 1 aliphatic heterocycles. The van der Waals surface area contributed by atoms with Gasteiger partial charge in [0.1, 0.15) is 17.1 Å². The summed E-state index contributed by atoms with van der Waals surface area (Å²) in [6.45, 7) is 2.75. The number of aromatic nitrogens is 2. The zero-order chi connectivity index (χ0) is 17.5. The van der Waals surface area contributed by atoms with E-state index in [-0.39, 0.29) is 6.04 Å². The molecular formula is C19H18N4O2S. The third-order valence-corrected chi connectivity index (χ3v) is 5.47. The van der Waals surface area contributed by atoms with E-state index in [1.54, 1.807) is 6.20 Å². The van der Waals surface area contributed by atoms with Gasteiger partial charge >= 0.3 is 0 Å². The van der Waals surface area contributed by atoms with Crippen molar-refractivity contribution in [3.05, 3.63) is 48.4 Å². The van der Waals surface area contributed by atoms with Crippen LogP contribution < -0.4 is 10.5 Å². The van der Waals surface area contributed by atoms with Gasteiger partial charge in [-0.3, -0.25) is 4.90 Å². The lowest BCUT2D eigenvalue weighted by molar-refractivity contribution is 0.298. The maximum Gasteiger partial charge on any atom is 0.281 e. The molecular weight excluding hydrogens is 348 g/mol. The summed E-state index contributed by atoms with van der Waals surface area (Å²) in [6, 6.07) is 12.1. The smallest absolute Gasteiger partial charge is 0.281 e. The molecule has 1 unspecified atom stereocenters. The molecule has 7 heteroatoms. The minimum Gasteiger partial charge on any atom is -0.460 e. The van der Waals surface area contributed by atoms with Gasteiger partial charge in [-0.15, -0.1) is 0 Å². The van der Waals surface area contributed by atoms with Crippen LogP contribution in [0.2, 0.25) is 0 Å². The Kier molecular flexibility index (Phi) is 3.85. The summed E-state index contributed by atoms with van der Waals surface area (Å²) in [5.41, 5.74) is 7.50. The van der Waals surface area contributed by atoms with Crippen LogP contribution in [0.25, 0.3) is 21.3 Å². The number of fused-ring (bicyclic) bond motifs is 2. The molecule has 0 saturated carbocycles. The van der Waals surface area contributed by atoms with Crippen molar-refractivity contribution in [1.29, 1.82) is 0 Å². The van der Waals surface area contributed by atoms with E-state index < -0.39 is 0 Å². The summed E-state index contributed by atoms with van der Waals surface area (Å²) in [7, 11) is 0. The first kappa shape index (κ1) is 15.7. The molecule has 0 bridgehead atoms. The molecule has 1 aliphatic rings. The molecule has 1 atom stereocenters. The maximum atomic E-state index is 6.01. The molecule has 132 valence electrons. The molecule has 0 amide bonds. The number of ether oxygens (including phenoxy) is 1. The highest BCUT2D eigenvalue weighted by molar-refractivity contribution is 7.20. The van der Waals surface area contributed by atoms with Crippen molar-refractivity contribution in [2.75, 3.05) is 13.1 Å². The molecule has 1 aromatic carbocycles. The lowest BCUT2D eigenvalue weighted by Crippen LogP contribution is -2.26. The van der Waals surface area contributed by atoms with Crippen LogP contribution in [0.3, 0.4) is 0 Å². The van der Waals surface area contributed by atoms with Crippen molar-refractivity contribution < 1.29 is 9.15 Å². The first-order valence-electron chi connectivity index (χ1n) is 8.63. The molecule has 0 radical (unpaired) electrons. The van der Waals surface area contributed by atoms with Gasteiger partial charge in [-0.1, -0.05) is 11.3 Å². The number of nitrogens with zero attached hydrogens (tertiary/aromatic N) is 3. The number of pyridine rings is 1. The third kappa shape index (κ3) is 3.05. The zero-order valence-corrected chi connectivity index (χ0v) is 14.9. The van der Waals surface area contributed by atoms with Crippen LogP contribution in [0, 0.1) is 0 Å². The van der Waals surface area contributed by atoms with Crippen LogP contribution in [0.5, 0.6) is 10.9 Å². The van der Waals surface area contributed by atoms with E-state index in [0.717, 1.165) is 47.5 Å². The Hall–Kier alpha value is -2.48. The molecule has 0 spiro atoms. The van der Waals surface area contributed by atoms with Gasteiger partial charge in [0, 0.05) is 36.8 Å². The SMILES string of the molecule is NC1CCN(Cc2cc3ccc(Oc4nc5ncccc5s4)cc3o2)C1. The van der Waals surface area contributed by atoms with Crippen LogP contribution in [-0.4, -0.2) is 34.0 Å². The van der Waals surface area contributed by atoms with E-state index >= 15 is 0 Å². The normalized spacial score (nSPS) is 18.1. The van der Waals surface area contributed by atoms with Crippen LogP contribution >= 0.6 is 11.3 Å². The highest BCUT2D eigenvalue weighted by Gasteiger charge is 2.20. The molecule has 5 rings (SSSR count). The first-order chi connectivity index (χ1) is 12.7. The maximum absolute atomic E-state index is 6.01. The monoisotopic (exact) mass is 366 g/mol. The predicted molar refractivity (Wildman–Crippen MR) is 102 cm³/mol. The average molecular weight is 366 g/mol. The topological polar surface area (TPSA) is 77.4 Å². The fraction of sp³-hybridized carbons (Fsp3) is 0.263. The largest absolute Gasteiger partial charge is 0.460 e. The second-order valence-electron chi connectivity index (χ2n) is 6.60. The van der Waals surface area contributed by atoms with Crippen LogP contribution in [-0.2, 0) is 6.54 Å². The Morgan fingerprint density at radius 1 is 1.31 bits per heavy atom. The molecule has 1 saturated heterocycles. The van der Waals surface area contributed by atoms with Crippen LogP contribution in [0.15, 0.2) is 47.0 Å². The Balaban J connectivity index is 1.37. The van der Waals surface area contributed by atoms with Gasteiger partial charge in [0.15, 0.2) is 5.65 Å². The van der Waals surface area contributed by atoms with Crippen molar-refractivity contribution in [1.82, 2.24) is 14.9 Å². The number of benzene rings is 1. The van der Waals surface area contributed by atoms with Crippen molar-refractivity contribution in [2.24, 2.45) is 5.73 Å². The summed E-state index contributed by atoms with van der Waals surface area (Å²) in [5, 5.41) is 1.65. The summed E-state index contributed by atoms with van der Waals surface area (Å²) < 4.78 is 12.9. The Morgan fingerprint density at radius 3 is 3.12 bits per heavy atom. The predicted octanol–water partition coefficient (Wildman–Crippen LogP) is 3.76. The average Bonchev–Trinajstić information content (AvgIpc) is 3.32. The molecule has 26 heavy (non-hydrogen) atoms. The second-order valence-corrected chi connectivity index (χ2v) is 7.60. The lowest BCUT2D eigenvalue weighted by Gasteiger charge is -2.12. The zero-order valence-electron chi connectivity index (χ0n) is 14.1. The molecule has 2 N–H and O–H groups in total. The Bertz CT molecular complexity index is 1040. The van der Waals surface area contributed by atoms with Crippen molar-refractivity contribution in [3.8, 4) is 10.9 Å². The lowest BCUT2D eigenvalue weighted by atomic mass is 10.2. The van der Waals surface area contributed by atoms with E-state index in [0.29, 0.717) is 16.6 Å². The van der Waals surface area contributed by atoms with E-state index in [9.17, 15) is 0 Å².